The molecule has 0 atom stereocenters. The number of halogens is 1. The molecule has 36 heavy (non-hydrogen) atoms. The zero-order valence-electron chi connectivity index (χ0n) is 21.0. The SMILES string of the molecule is Cc1nn(-c2ccccc2)c(N2CCC(C(=O)NCc3ccc(F)cc3)CC2)c1-n1c(C)ccc1C. The topological polar surface area (TPSA) is 55.1 Å². The normalized spacial score (nSPS) is 14.3. The van der Waals surface area contributed by atoms with Crippen LogP contribution in [-0.4, -0.2) is 33.3 Å². The van der Waals surface area contributed by atoms with E-state index in [1.54, 1.807) is 12.1 Å². The van der Waals surface area contributed by atoms with Crippen molar-refractivity contribution in [1.82, 2.24) is 19.7 Å². The summed E-state index contributed by atoms with van der Waals surface area (Å²) in [5.74, 6) is 0.803. The Balaban J connectivity index is 1.38. The number of benzene rings is 2. The van der Waals surface area contributed by atoms with Crippen molar-refractivity contribution in [3.63, 3.8) is 0 Å². The van der Waals surface area contributed by atoms with Crippen molar-refractivity contribution in [2.24, 2.45) is 5.92 Å². The van der Waals surface area contributed by atoms with Crippen molar-refractivity contribution in [3.05, 3.63) is 95.2 Å². The number of carbonyl (C=O) groups excluding carboxylic acids is 1. The smallest absolute Gasteiger partial charge is 0.223 e. The van der Waals surface area contributed by atoms with E-state index in [-0.39, 0.29) is 17.6 Å². The second-order valence-electron chi connectivity index (χ2n) is 9.56. The summed E-state index contributed by atoms with van der Waals surface area (Å²) in [7, 11) is 0. The average Bonchev–Trinajstić information content (AvgIpc) is 3.41. The predicted octanol–water partition coefficient (Wildman–Crippen LogP) is 5.26. The zero-order chi connectivity index (χ0) is 25.2. The van der Waals surface area contributed by atoms with E-state index in [0.717, 1.165) is 54.4 Å². The second-order valence-corrected chi connectivity index (χ2v) is 9.56. The van der Waals surface area contributed by atoms with Gasteiger partial charge in [-0.2, -0.15) is 5.10 Å². The molecule has 0 bridgehead atoms. The summed E-state index contributed by atoms with van der Waals surface area (Å²) in [5.41, 5.74) is 6.31. The van der Waals surface area contributed by atoms with Gasteiger partial charge in [-0.3, -0.25) is 4.79 Å². The Bertz CT molecular complexity index is 1330. The Morgan fingerprint density at radius 3 is 2.22 bits per heavy atom. The zero-order valence-corrected chi connectivity index (χ0v) is 21.0. The van der Waals surface area contributed by atoms with E-state index in [1.807, 2.05) is 22.9 Å². The predicted molar refractivity (Wildman–Crippen MR) is 140 cm³/mol. The Kier molecular flexibility index (Phi) is 6.63. The number of anilines is 1. The monoisotopic (exact) mass is 485 g/mol. The van der Waals surface area contributed by atoms with Crippen molar-refractivity contribution in [2.45, 2.75) is 40.2 Å². The van der Waals surface area contributed by atoms with E-state index >= 15 is 0 Å². The maximum Gasteiger partial charge on any atom is 0.223 e. The van der Waals surface area contributed by atoms with Gasteiger partial charge in [0, 0.05) is 36.9 Å². The minimum Gasteiger partial charge on any atom is -0.355 e. The first-order chi connectivity index (χ1) is 17.4. The van der Waals surface area contributed by atoms with Crippen LogP contribution >= 0.6 is 0 Å². The van der Waals surface area contributed by atoms with Crippen LogP contribution < -0.4 is 10.2 Å². The number of carbonyl (C=O) groups is 1. The van der Waals surface area contributed by atoms with Gasteiger partial charge in [0.25, 0.3) is 0 Å². The van der Waals surface area contributed by atoms with Gasteiger partial charge in [0.1, 0.15) is 11.5 Å². The summed E-state index contributed by atoms with van der Waals surface area (Å²) in [5, 5.41) is 8.00. The van der Waals surface area contributed by atoms with E-state index in [1.165, 1.54) is 23.5 Å². The molecule has 0 radical (unpaired) electrons. The maximum absolute atomic E-state index is 13.2. The molecule has 0 saturated carbocycles. The second kappa shape index (κ2) is 10.0. The largest absolute Gasteiger partial charge is 0.355 e. The number of hydrogen-bond donors (Lipinski definition) is 1. The van der Waals surface area contributed by atoms with Crippen LogP contribution in [0.1, 0.15) is 35.5 Å². The molecular formula is C29H32FN5O. The molecule has 1 saturated heterocycles. The van der Waals surface area contributed by atoms with Gasteiger partial charge in [0.2, 0.25) is 5.91 Å². The van der Waals surface area contributed by atoms with E-state index in [4.69, 9.17) is 5.10 Å². The van der Waals surface area contributed by atoms with Crippen molar-refractivity contribution in [3.8, 4) is 11.4 Å². The van der Waals surface area contributed by atoms with Crippen molar-refractivity contribution < 1.29 is 9.18 Å². The first-order valence-electron chi connectivity index (χ1n) is 12.5. The van der Waals surface area contributed by atoms with Gasteiger partial charge in [0.05, 0.1) is 11.4 Å². The van der Waals surface area contributed by atoms with Crippen LogP contribution in [0.3, 0.4) is 0 Å². The number of aromatic nitrogens is 3. The van der Waals surface area contributed by atoms with Crippen molar-refractivity contribution in [2.75, 3.05) is 18.0 Å². The average molecular weight is 486 g/mol. The minimum absolute atomic E-state index is 0.0469. The molecule has 1 amide bonds. The number of nitrogens with zero attached hydrogens (tertiary/aromatic N) is 4. The number of hydrogen-bond acceptors (Lipinski definition) is 3. The van der Waals surface area contributed by atoms with E-state index in [0.29, 0.717) is 6.54 Å². The fraction of sp³-hybridized carbons (Fsp3) is 0.310. The van der Waals surface area contributed by atoms with Gasteiger partial charge in [-0.1, -0.05) is 30.3 Å². The third-order valence-corrected chi connectivity index (χ3v) is 7.05. The lowest BCUT2D eigenvalue weighted by Gasteiger charge is -2.34. The number of para-hydroxylation sites is 1. The van der Waals surface area contributed by atoms with Gasteiger partial charge < -0.3 is 14.8 Å². The highest BCUT2D eigenvalue weighted by atomic mass is 19.1. The Labute approximate surface area is 211 Å². The molecule has 2 aromatic carbocycles. The van der Waals surface area contributed by atoms with Crippen LogP contribution in [0.5, 0.6) is 0 Å². The van der Waals surface area contributed by atoms with E-state index in [9.17, 15) is 9.18 Å². The summed E-state index contributed by atoms with van der Waals surface area (Å²) in [4.78, 5) is 15.3. The number of amides is 1. The summed E-state index contributed by atoms with van der Waals surface area (Å²) in [6.07, 6.45) is 1.52. The molecule has 1 fully saturated rings. The number of piperidine rings is 1. The van der Waals surface area contributed by atoms with Gasteiger partial charge in [-0.15, -0.1) is 0 Å². The van der Waals surface area contributed by atoms with Crippen LogP contribution in [0.4, 0.5) is 10.2 Å². The molecule has 1 aliphatic heterocycles. The number of nitrogens with one attached hydrogen (secondary N) is 1. The van der Waals surface area contributed by atoms with E-state index < -0.39 is 0 Å². The summed E-state index contributed by atoms with van der Waals surface area (Å²) in [6.45, 7) is 8.24. The molecule has 4 aromatic rings. The summed E-state index contributed by atoms with van der Waals surface area (Å²) in [6, 6.07) is 20.7. The quantitative estimate of drug-likeness (QED) is 0.405. The van der Waals surface area contributed by atoms with E-state index in [2.05, 4.69) is 59.8 Å². The third kappa shape index (κ3) is 4.65. The first-order valence-corrected chi connectivity index (χ1v) is 12.5. The molecule has 0 spiro atoms. The highest BCUT2D eigenvalue weighted by molar-refractivity contribution is 5.79. The molecule has 6 nitrogen and oxygen atoms in total. The van der Waals surface area contributed by atoms with Crippen LogP contribution in [0.2, 0.25) is 0 Å². The minimum atomic E-state index is -0.271. The maximum atomic E-state index is 13.2. The molecule has 2 aromatic heterocycles. The molecule has 0 unspecified atom stereocenters. The summed E-state index contributed by atoms with van der Waals surface area (Å²) >= 11 is 0. The van der Waals surface area contributed by atoms with Crippen LogP contribution in [0.25, 0.3) is 11.4 Å². The number of rotatable bonds is 6. The lowest BCUT2D eigenvalue weighted by molar-refractivity contribution is -0.125. The van der Waals surface area contributed by atoms with Gasteiger partial charge in [-0.25, -0.2) is 9.07 Å². The number of aryl methyl sites for hydroxylation is 3. The molecule has 0 aliphatic carbocycles. The van der Waals surface area contributed by atoms with Gasteiger partial charge >= 0.3 is 0 Å². The third-order valence-electron chi connectivity index (χ3n) is 7.05. The lowest BCUT2D eigenvalue weighted by Crippen LogP contribution is -2.41. The Hall–Kier alpha value is -3.87. The molecule has 7 heteroatoms. The fourth-order valence-corrected chi connectivity index (χ4v) is 5.11. The van der Waals surface area contributed by atoms with Crippen molar-refractivity contribution >= 4 is 11.7 Å². The molecule has 1 aliphatic rings. The van der Waals surface area contributed by atoms with Crippen LogP contribution in [0.15, 0.2) is 66.7 Å². The van der Waals surface area contributed by atoms with Gasteiger partial charge in [-0.05, 0) is 75.6 Å². The Morgan fingerprint density at radius 1 is 0.944 bits per heavy atom. The highest BCUT2D eigenvalue weighted by Crippen LogP contribution is 2.35. The molecular weight excluding hydrogens is 453 g/mol. The Morgan fingerprint density at radius 2 is 1.58 bits per heavy atom. The lowest BCUT2D eigenvalue weighted by atomic mass is 9.95. The van der Waals surface area contributed by atoms with Gasteiger partial charge in [0.15, 0.2) is 5.82 Å². The molecule has 5 rings (SSSR count). The van der Waals surface area contributed by atoms with Crippen molar-refractivity contribution in [1.29, 1.82) is 0 Å². The first kappa shape index (κ1) is 23.9. The fourth-order valence-electron chi connectivity index (χ4n) is 5.11. The van der Waals surface area contributed by atoms with Crippen LogP contribution in [-0.2, 0) is 11.3 Å². The summed E-state index contributed by atoms with van der Waals surface area (Å²) < 4.78 is 17.5. The molecule has 186 valence electrons. The van der Waals surface area contributed by atoms with Crippen LogP contribution in [0, 0.1) is 32.5 Å². The highest BCUT2D eigenvalue weighted by Gasteiger charge is 2.30. The molecule has 3 heterocycles. The molecule has 1 N–H and O–H groups in total. The standard InChI is InChI=1S/C29H32FN5O/c1-20-9-10-21(2)34(20)27-22(3)32-35(26-7-5-4-6-8-26)29(27)33-17-15-24(16-18-33)28(36)31-19-23-11-13-25(30)14-12-23/h4-14,24H,15-19H2,1-3H3,(H,31,36).